The standard InChI is InChI=1S/C25H29O2PS2/c1-3-8-21-12-16-24(17-13-21)26-28(29,30-20-23-10-6-5-7-11-23)27-25-18-14-22(9-4-2)15-19-25/h5-7,10-19H,3-4,8-9,20H2,1-2H3. The van der Waals surface area contributed by atoms with E-state index in [1.807, 2.05) is 42.5 Å². The second kappa shape index (κ2) is 11.6. The van der Waals surface area contributed by atoms with Crippen LogP contribution in [0.25, 0.3) is 0 Å². The Bertz CT molecular complexity index is 886. The first-order valence-corrected chi connectivity index (χ1v) is 14.7. The number of rotatable bonds is 11. The molecule has 0 aliphatic rings. The molecule has 3 rings (SSSR count). The highest BCUT2D eigenvalue weighted by Gasteiger charge is 2.24. The summed E-state index contributed by atoms with van der Waals surface area (Å²) in [4.78, 5) is 0. The number of benzene rings is 3. The first kappa shape index (κ1) is 22.9. The number of hydrogen-bond acceptors (Lipinski definition) is 4. The van der Waals surface area contributed by atoms with Gasteiger partial charge in [-0.1, -0.05) is 81.3 Å². The first-order valence-electron chi connectivity index (χ1n) is 10.5. The van der Waals surface area contributed by atoms with Crippen molar-refractivity contribution in [2.24, 2.45) is 0 Å². The van der Waals surface area contributed by atoms with Crippen molar-refractivity contribution >= 4 is 28.9 Å². The molecule has 0 atom stereocenters. The molecule has 0 amide bonds. The summed E-state index contributed by atoms with van der Waals surface area (Å²) in [6.45, 7) is 4.37. The van der Waals surface area contributed by atoms with Crippen molar-refractivity contribution in [1.82, 2.24) is 0 Å². The summed E-state index contributed by atoms with van der Waals surface area (Å²) >= 11 is 7.54. The zero-order chi connectivity index (χ0) is 21.2. The lowest BCUT2D eigenvalue weighted by Gasteiger charge is -2.23. The Labute approximate surface area is 189 Å². The molecule has 0 spiro atoms. The number of hydrogen-bond donors (Lipinski definition) is 0. The van der Waals surface area contributed by atoms with E-state index in [0.29, 0.717) is 0 Å². The van der Waals surface area contributed by atoms with Crippen LogP contribution in [0.1, 0.15) is 43.4 Å². The summed E-state index contributed by atoms with van der Waals surface area (Å²) in [6, 6.07) is 26.8. The van der Waals surface area contributed by atoms with E-state index in [-0.39, 0.29) is 0 Å². The van der Waals surface area contributed by atoms with Crippen LogP contribution in [0.3, 0.4) is 0 Å². The fourth-order valence-electron chi connectivity index (χ4n) is 3.07. The Hall–Kier alpha value is -1.74. The van der Waals surface area contributed by atoms with Gasteiger partial charge in [0.2, 0.25) is 0 Å². The van der Waals surface area contributed by atoms with Crippen LogP contribution in [0, 0.1) is 0 Å². The highest BCUT2D eigenvalue weighted by atomic mass is 32.9. The van der Waals surface area contributed by atoms with Gasteiger partial charge >= 0.3 is 5.69 Å². The highest BCUT2D eigenvalue weighted by Crippen LogP contribution is 2.61. The molecule has 0 unspecified atom stereocenters. The Morgan fingerprint density at radius 2 is 1.13 bits per heavy atom. The molecule has 0 fully saturated rings. The molecule has 3 aromatic carbocycles. The monoisotopic (exact) mass is 456 g/mol. The van der Waals surface area contributed by atoms with Crippen LogP contribution in [-0.4, -0.2) is 0 Å². The molecule has 30 heavy (non-hydrogen) atoms. The van der Waals surface area contributed by atoms with Gasteiger partial charge in [-0.2, -0.15) is 0 Å². The van der Waals surface area contributed by atoms with Crippen LogP contribution in [0.2, 0.25) is 0 Å². The molecule has 3 aromatic rings. The lowest BCUT2D eigenvalue weighted by molar-refractivity contribution is 0.506. The molecule has 0 aliphatic heterocycles. The molecule has 0 aromatic heterocycles. The third kappa shape index (κ3) is 7.19. The van der Waals surface area contributed by atoms with Gasteiger partial charge in [-0.15, -0.1) is 0 Å². The van der Waals surface area contributed by atoms with Crippen LogP contribution in [0.15, 0.2) is 78.9 Å². The van der Waals surface area contributed by atoms with Crippen molar-refractivity contribution in [2.75, 3.05) is 0 Å². The van der Waals surface area contributed by atoms with Gasteiger partial charge in [0.25, 0.3) is 0 Å². The van der Waals surface area contributed by atoms with Gasteiger partial charge in [0, 0.05) is 5.75 Å². The van der Waals surface area contributed by atoms with Crippen molar-refractivity contribution in [3.05, 3.63) is 95.6 Å². The maximum Gasteiger partial charge on any atom is 0.348 e. The summed E-state index contributed by atoms with van der Waals surface area (Å²) in [5, 5.41) is 0. The van der Waals surface area contributed by atoms with Gasteiger partial charge < -0.3 is 9.05 Å². The van der Waals surface area contributed by atoms with Gasteiger partial charge in [-0.25, -0.2) is 0 Å². The third-order valence-electron chi connectivity index (χ3n) is 4.59. The minimum Gasteiger partial charge on any atom is -0.428 e. The summed E-state index contributed by atoms with van der Waals surface area (Å²) < 4.78 is 12.6. The molecular weight excluding hydrogens is 427 g/mol. The van der Waals surface area contributed by atoms with E-state index in [1.54, 1.807) is 11.4 Å². The molecule has 5 heteroatoms. The van der Waals surface area contributed by atoms with Gasteiger partial charge in [0.15, 0.2) is 0 Å². The molecule has 0 saturated carbocycles. The molecule has 0 N–H and O–H groups in total. The predicted molar refractivity (Wildman–Crippen MR) is 134 cm³/mol. The van der Waals surface area contributed by atoms with Crippen LogP contribution < -0.4 is 9.05 Å². The Morgan fingerprint density at radius 3 is 1.57 bits per heavy atom. The minimum atomic E-state index is -2.64. The summed E-state index contributed by atoms with van der Waals surface area (Å²) in [6.07, 6.45) is 4.39. The average molecular weight is 457 g/mol. The van der Waals surface area contributed by atoms with Crippen LogP contribution in [-0.2, 0) is 30.4 Å². The quantitative estimate of drug-likeness (QED) is 0.271. The predicted octanol–water partition coefficient (Wildman–Crippen LogP) is 8.21. The van der Waals surface area contributed by atoms with E-state index in [2.05, 4.69) is 50.2 Å². The Balaban J connectivity index is 1.76. The molecule has 0 aliphatic carbocycles. The van der Waals surface area contributed by atoms with E-state index in [9.17, 15) is 0 Å². The van der Waals surface area contributed by atoms with Crippen LogP contribution >= 0.6 is 17.1 Å². The topological polar surface area (TPSA) is 18.5 Å². The van der Waals surface area contributed by atoms with Crippen molar-refractivity contribution in [1.29, 1.82) is 0 Å². The van der Waals surface area contributed by atoms with Crippen molar-refractivity contribution in [3.63, 3.8) is 0 Å². The highest BCUT2D eigenvalue weighted by molar-refractivity contribution is 8.67. The number of aryl methyl sites for hydroxylation is 2. The van der Waals surface area contributed by atoms with E-state index >= 15 is 0 Å². The first-order chi connectivity index (χ1) is 14.6. The van der Waals surface area contributed by atoms with Crippen molar-refractivity contribution in [3.8, 4) is 11.5 Å². The van der Waals surface area contributed by atoms with Gasteiger partial charge in [0.1, 0.15) is 11.5 Å². The van der Waals surface area contributed by atoms with Crippen LogP contribution in [0.4, 0.5) is 0 Å². The lowest BCUT2D eigenvalue weighted by Crippen LogP contribution is -1.99. The fourth-order valence-corrected chi connectivity index (χ4v) is 7.22. The smallest absolute Gasteiger partial charge is 0.348 e. The third-order valence-corrected chi connectivity index (χ3v) is 9.42. The molecule has 158 valence electrons. The van der Waals surface area contributed by atoms with Crippen molar-refractivity contribution < 1.29 is 9.05 Å². The van der Waals surface area contributed by atoms with Crippen molar-refractivity contribution in [2.45, 2.75) is 45.3 Å². The van der Waals surface area contributed by atoms with Crippen LogP contribution in [0.5, 0.6) is 11.5 Å². The normalized spacial score (nSPS) is 11.3. The molecule has 0 heterocycles. The molecule has 0 bridgehead atoms. The van der Waals surface area contributed by atoms with E-state index in [4.69, 9.17) is 20.9 Å². The second-order valence-corrected chi connectivity index (χ2v) is 13.3. The summed E-state index contributed by atoms with van der Waals surface area (Å²) in [5.74, 6) is 2.28. The largest absolute Gasteiger partial charge is 0.428 e. The zero-order valence-electron chi connectivity index (χ0n) is 17.6. The summed E-state index contributed by atoms with van der Waals surface area (Å²) in [5.41, 5.74) is 1.18. The lowest BCUT2D eigenvalue weighted by atomic mass is 10.1. The van der Waals surface area contributed by atoms with Gasteiger partial charge in [-0.3, -0.25) is 0 Å². The Morgan fingerprint density at radius 1 is 0.667 bits per heavy atom. The SMILES string of the molecule is CCCc1ccc(OP(=S)(Oc2ccc(CCC)cc2)SCc2ccccc2)cc1. The average Bonchev–Trinajstić information content (AvgIpc) is 2.76. The van der Waals surface area contributed by atoms with E-state index in [1.165, 1.54) is 16.7 Å². The minimum absolute atomic E-state index is 0.750. The molecule has 0 radical (unpaired) electrons. The maximum absolute atomic E-state index is 6.31. The fraction of sp³-hybridized carbons (Fsp3) is 0.280. The zero-order valence-corrected chi connectivity index (χ0v) is 20.1. The molecule has 2 nitrogen and oxygen atoms in total. The molecular formula is C25H29O2PS2. The van der Waals surface area contributed by atoms with E-state index in [0.717, 1.165) is 42.9 Å². The Kier molecular flexibility index (Phi) is 8.87. The van der Waals surface area contributed by atoms with Gasteiger partial charge in [-0.05, 0) is 77.0 Å². The second-order valence-electron chi connectivity index (χ2n) is 7.18. The molecule has 0 saturated heterocycles. The summed E-state index contributed by atoms with van der Waals surface area (Å²) in [7, 11) is 0. The van der Waals surface area contributed by atoms with Gasteiger partial charge in [0.05, 0.1) is 0 Å². The maximum atomic E-state index is 6.31. The van der Waals surface area contributed by atoms with E-state index < -0.39 is 5.69 Å².